The van der Waals surface area contributed by atoms with E-state index >= 15 is 0 Å². The van der Waals surface area contributed by atoms with Gasteiger partial charge in [-0.3, -0.25) is 9.69 Å². The Balaban J connectivity index is 2.69. The van der Waals surface area contributed by atoms with Crippen LogP contribution in [0, 0.1) is 0 Å². The Morgan fingerprint density at radius 2 is 1.42 bits per heavy atom. The van der Waals surface area contributed by atoms with Gasteiger partial charge in [0.15, 0.2) is 5.54 Å². The normalized spacial score (nSPS) is 22.2. The molecule has 0 aromatic carbocycles. The van der Waals surface area contributed by atoms with Crippen LogP contribution in [0.1, 0.15) is 27.7 Å². The minimum absolute atomic E-state index is 0.0504. The zero-order chi connectivity index (χ0) is 15.1. The molecule has 1 fully saturated rings. The molecule has 1 atom stereocenters. The minimum atomic E-state index is -4.73. The number of hydrogen-bond donors (Lipinski definition) is 1. The third-order valence-corrected chi connectivity index (χ3v) is 3.55. The largest absolute Gasteiger partial charge is 0.415 e. The maximum Gasteiger partial charge on any atom is 0.415 e. The van der Waals surface area contributed by atoms with Crippen molar-refractivity contribution < 1.29 is 18.0 Å². The van der Waals surface area contributed by atoms with Crippen molar-refractivity contribution in [2.75, 3.05) is 26.2 Å². The lowest BCUT2D eigenvalue weighted by Crippen LogP contribution is -2.65. The summed E-state index contributed by atoms with van der Waals surface area (Å²) in [5.41, 5.74) is 2.30. The monoisotopic (exact) mass is 281 g/mol. The fraction of sp³-hybridized carbons (Fsp3) is 0.917. The number of halogens is 3. The molecule has 1 amide bonds. The second-order valence-electron chi connectivity index (χ2n) is 6.15. The topological polar surface area (TPSA) is 49.6 Å². The van der Waals surface area contributed by atoms with E-state index in [-0.39, 0.29) is 18.6 Å². The van der Waals surface area contributed by atoms with E-state index in [1.54, 1.807) is 0 Å². The summed E-state index contributed by atoms with van der Waals surface area (Å²) in [7, 11) is 0. The van der Waals surface area contributed by atoms with E-state index in [0.717, 1.165) is 6.92 Å². The molecule has 2 N–H and O–H groups in total. The summed E-state index contributed by atoms with van der Waals surface area (Å²) >= 11 is 0. The zero-order valence-electron chi connectivity index (χ0n) is 11.8. The molecular weight excluding hydrogens is 259 g/mol. The smallest absolute Gasteiger partial charge is 0.338 e. The number of hydrogen-bond acceptors (Lipinski definition) is 3. The first-order valence-electron chi connectivity index (χ1n) is 6.27. The highest BCUT2D eigenvalue weighted by Gasteiger charge is 2.55. The molecule has 1 aliphatic heterocycles. The summed E-state index contributed by atoms with van der Waals surface area (Å²) < 4.78 is 38.2. The van der Waals surface area contributed by atoms with E-state index in [9.17, 15) is 18.0 Å². The number of nitrogens with two attached hydrogens (primary N) is 1. The highest BCUT2D eigenvalue weighted by Crippen LogP contribution is 2.30. The molecule has 1 heterocycles. The highest BCUT2D eigenvalue weighted by molar-refractivity contribution is 5.86. The Bertz CT molecular complexity index is 339. The first kappa shape index (κ1) is 16.2. The molecule has 1 saturated heterocycles. The van der Waals surface area contributed by atoms with Gasteiger partial charge in [-0.15, -0.1) is 0 Å². The van der Waals surface area contributed by atoms with Crippen LogP contribution in [0.3, 0.4) is 0 Å². The van der Waals surface area contributed by atoms with Crippen molar-refractivity contribution in [1.29, 1.82) is 0 Å². The van der Waals surface area contributed by atoms with Gasteiger partial charge in [0, 0.05) is 31.7 Å². The molecule has 1 aliphatic rings. The van der Waals surface area contributed by atoms with Gasteiger partial charge >= 0.3 is 6.18 Å². The predicted molar refractivity (Wildman–Crippen MR) is 66.6 cm³/mol. The molecule has 4 nitrogen and oxygen atoms in total. The van der Waals surface area contributed by atoms with Crippen LogP contribution in [0.5, 0.6) is 0 Å². The quantitative estimate of drug-likeness (QED) is 0.786. The van der Waals surface area contributed by atoms with Crippen LogP contribution in [-0.2, 0) is 4.79 Å². The molecular formula is C12H22F3N3O. The average Bonchev–Trinajstić information content (AvgIpc) is 2.25. The molecule has 1 rings (SSSR count). The van der Waals surface area contributed by atoms with Gasteiger partial charge in [-0.2, -0.15) is 13.2 Å². The van der Waals surface area contributed by atoms with Gasteiger partial charge in [0.25, 0.3) is 5.91 Å². The third-order valence-electron chi connectivity index (χ3n) is 3.55. The first-order chi connectivity index (χ1) is 8.37. The van der Waals surface area contributed by atoms with Crippen molar-refractivity contribution in [3.63, 3.8) is 0 Å². The van der Waals surface area contributed by atoms with Crippen molar-refractivity contribution in [2.45, 2.75) is 44.9 Å². The van der Waals surface area contributed by atoms with Crippen LogP contribution in [0.15, 0.2) is 0 Å². The van der Waals surface area contributed by atoms with Crippen molar-refractivity contribution in [1.82, 2.24) is 9.80 Å². The summed E-state index contributed by atoms with van der Waals surface area (Å²) in [6, 6.07) is 0. The summed E-state index contributed by atoms with van der Waals surface area (Å²) in [6.07, 6.45) is -4.73. The van der Waals surface area contributed by atoms with Gasteiger partial charge in [0.2, 0.25) is 0 Å². The van der Waals surface area contributed by atoms with Gasteiger partial charge in [-0.1, -0.05) is 0 Å². The summed E-state index contributed by atoms with van der Waals surface area (Å²) in [6.45, 7) is 8.50. The molecule has 1 unspecified atom stereocenters. The summed E-state index contributed by atoms with van der Waals surface area (Å²) in [4.78, 5) is 15.2. The van der Waals surface area contributed by atoms with Crippen molar-refractivity contribution in [3.8, 4) is 0 Å². The van der Waals surface area contributed by atoms with Gasteiger partial charge in [-0.25, -0.2) is 0 Å². The maximum atomic E-state index is 12.7. The van der Waals surface area contributed by atoms with E-state index in [1.807, 2.05) is 20.8 Å². The summed E-state index contributed by atoms with van der Waals surface area (Å²) in [5.74, 6) is -1.05. The Hall–Kier alpha value is -0.820. The van der Waals surface area contributed by atoms with Gasteiger partial charge < -0.3 is 10.6 Å². The van der Waals surface area contributed by atoms with E-state index in [4.69, 9.17) is 5.73 Å². The van der Waals surface area contributed by atoms with Crippen LogP contribution in [0.2, 0.25) is 0 Å². The SMILES string of the molecule is CC(C)(C)N1CCN(C(=O)C(C)(N)C(F)(F)F)CC1. The second-order valence-corrected chi connectivity index (χ2v) is 6.15. The first-order valence-corrected chi connectivity index (χ1v) is 6.27. The van der Waals surface area contributed by atoms with Crippen molar-refractivity contribution in [3.05, 3.63) is 0 Å². The molecule has 19 heavy (non-hydrogen) atoms. The number of carbonyl (C=O) groups is 1. The molecule has 0 aliphatic carbocycles. The Morgan fingerprint density at radius 3 is 1.74 bits per heavy atom. The molecule has 112 valence electrons. The fourth-order valence-electron chi connectivity index (χ4n) is 2.03. The zero-order valence-corrected chi connectivity index (χ0v) is 11.8. The lowest BCUT2D eigenvalue weighted by Gasteiger charge is -2.44. The second kappa shape index (κ2) is 4.94. The van der Waals surface area contributed by atoms with E-state index < -0.39 is 17.6 Å². The highest BCUT2D eigenvalue weighted by atomic mass is 19.4. The maximum absolute atomic E-state index is 12.7. The average molecular weight is 281 g/mol. The predicted octanol–water partition coefficient (Wildman–Crippen LogP) is 1.21. The lowest BCUT2D eigenvalue weighted by atomic mass is 10.00. The number of amides is 1. The molecule has 0 aromatic rings. The molecule has 0 bridgehead atoms. The van der Waals surface area contributed by atoms with Crippen molar-refractivity contribution >= 4 is 5.91 Å². The number of alkyl halides is 3. The molecule has 0 aromatic heterocycles. The Labute approximate surface area is 111 Å². The number of piperazine rings is 1. The van der Waals surface area contributed by atoms with Crippen LogP contribution in [-0.4, -0.2) is 59.1 Å². The van der Waals surface area contributed by atoms with Gasteiger partial charge in [0.1, 0.15) is 0 Å². The molecule has 7 heteroatoms. The number of rotatable bonds is 1. The molecule has 0 spiro atoms. The van der Waals surface area contributed by atoms with Gasteiger partial charge in [0.05, 0.1) is 0 Å². The number of nitrogens with zero attached hydrogens (tertiary/aromatic N) is 2. The Kier molecular flexibility index (Phi) is 4.22. The van der Waals surface area contributed by atoms with Gasteiger partial charge in [-0.05, 0) is 27.7 Å². The minimum Gasteiger partial charge on any atom is -0.338 e. The van der Waals surface area contributed by atoms with Crippen LogP contribution < -0.4 is 5.73 Å². The number of carbonyl (C=O) groups excluding carboxylic acids is 1. The van der Waals surface area contributed by atoms with Crippen LogP contribution >= 0.6 is 0 Å². The molecule has 0 radical (unpaired) electrons. The molecule has 0 saturated carbocycles. The van der Waals surface area contributed by atoms with Crippen molar-refractivity contribution in [2.24, 2.45) is 5.73 Å². The standard InChI is InChI=1S/C12H22F3N3O/c1-10(2,3)18-7-5-17(6-8-18)9(19)11(4,16)12(13,14)15/h5-8,16H2,1-4H3. The fourth-order valence-corrected chi connectivity index (χ4v) is 2.03. The van der Waals surface area contributed by atoms with E-state index in [2.05, 4.69) is 4.90 Å². The van der Waals surface area contributed by atoms with E-state index in [0.29, 0.717) is 13.1 Å². The Morgan fingerprint density at radius 1 is 1.00 bits per heavy atom. The van der Waals surface area contributed by atoms with Crippen LogP contribution in [0.25, 0.3) is 0 Å². The summed E-state index contributed by atoms with van der Waals surface area (Å²) in [5, 5.41) is 0. The third kappa shape index (κ3) is 3.39. The van der Waals surface area contributed by atoms with Crippen LogP contribution in [0.4, 0.5) is 13.2 Å². The van der Waals surface area contributed by atoms with E-state index in [1.165, 1.54) is 4.90 Å². The lowest BCUT2D eigenvalue weighted by molar-refractivity contribution is -0.194.